The summed E-state index contributed by atoms with van der Waals surface area (Å²) in [5, 5.41) is 0. The molecular formula is C4H11Cl2N2O4P. The first-order valence-electron chi connectivity index (χ1n) is 3.35. The van der Waals surface area contributed by atoms with Crippen LogP contribution in [0.1, 0.15) is 0 Å². The summed E-state index contributed by atoms with van der Waals surface area (Å²) in [6.45, 7) is 0.303. The highest BCUT2D eigenvalue weighted by Gasteiger charge is 2.25. The van der Waals surface area contributed by atoms with Crippen molar-refractivity contribution >= 4 is 31.0 Å². The van der Waals surface area contributed by atoms with Gasteiger partial charge in [-0.1, -0.05) is 0 Å². The molecule has 0 saturated heterocycles. The predicted octanol–water partition coefficient (Wildman–Crippen LogP) is 1.00. The van der Waals surface area contributed by atoms with Gasteiger partial charge in [0.1, 0.15) is 0 Å². The molecule has 0 fully saturated rings. The van der Waals surface area contributed by atoms with E-state index >= 15 is 0 Å². The molecule has 9 heteroatoms. The molecule has 3 N–H and O–H groups in total. The van der Waals surface area contributed by atoms with Crippen LogP contribution in [0.3, 0.4) is 0 Å². The van der Waals surface area contributed by atoms with Gasteiger partial charge in [0.05, 0.1) is 6.61 Å². The number of rotatable bonds is 8. The maximum atomic E-state index is 11.3. The lowest BCUT2D eigenvalue weighted by Gasteiger charge is -2.13. The minimum atomic E-state index is -3.72. The summed E-state index contributed by atoms with van der Waals surface area (Å²) < 4.78 is 24.4. The van der Waals surface area contributed by atoms with Gasteiger partial charge in [0.2, 0.25) is 0 Å². The molecule has 80 valence electrons. The summed E-state index contributed by atoms with van der Waals surface area (Å²) in [7, 11) is -3.72. The van der Waals surface area contributed by atoms with E-state index in [4.69, 9.17) is 29.1 Å². The van der Waals surface area contributed by atoms with Gasteiger partial charge < -0.3 is 0 Å². The summed E-state index contributed by atoms with van der Waals surface area (Å²) in [6, 6.07) is 0. The molecule has 0 aromatic rings. The highest BCUT2D eigenvalue weighted by molar-refractivity contribution is 7.48. The lowest BCUT2D eigenvalue weighted by atomic mass is 10.8. The van der Waals surface area contributed by atoms with Crippen molar-refractivity contribution < 1.29 is 18.3 Å². The van der Waals surface area contributed by atoms with Crippen molar-refractivity contribution in [1.82, 2.24) is 5.48 Å². The smallest absolute Gasteiger partial charge is 0.284 e. The minimum absolute atomic E-state index is 0.0125. The van der Waals surface area contributed by atoms with Crippen LogP contribution in [-0.2, 0) is 18.3 Å². The third-order valence-electron chi connectivity index (χ3n) is 0.829. The third kappa shape index (κ3) is 6.65. The number of nitrogens with two attached hydrogens (primary N) is 1. The molecule has 1 atom stereocenters. The van der Waals surface area contributed by atoms with Crippen LogP contribution < -0.4 is 11.4 Å². The van der Waals surface area contributed by atoms with E-state index in [1.54, 1.807) is 0 Å². The Hall–Kier alpha value is 0.610. The molecule has 0 aromatic heterocycles. The molecule has 0 amide bonds. The molecule has 0 aliphatic heterocycles. The Bertz CT molecular complexity index is 172. The van der Waals surface area contributed by atoms with E-state index in [2.05, 4.69) is 19.3 Å². The van der Waals surface area contributed by atoms with Crippen molar-refractivity contribution in [2.75, 3.05) is 24.9 Å². The second kappa shape index (κ2) is 7.96. The van der Waals surface area contributed by atoms with E-state index in [0.717, 1.165) is 0 Å². The Morgan fingerprint density at radius 1 is 1.38 bits per heavy atom. The lowest BCUT2D eigenvalue weighted by molar-refractivity contribution is 0.0770. The Kier molecular flexibility index (Phi) is 8.34. The van der Waals surface area contributed by atoms with Gasteiger partial charge in [-0.3, -0.25) is 4.52 Å². The Morgan fingerprint density at radius 3 is 2.54 bits per heavy atom. The zero-order chi connectivity index (χ0) is 10.2. The first-order valence-corrected chi connectivity index (χ1v) is 5.88. The molecule has 0 saturated carbocycles. The summed E-state index contributed by atoms with van der Waals surface area (Å²) in [5.41, 5.74) is 2.27. The van der Waals surface area contributed by atoms with Crippen LogP contribution >= 0.6 is 31.0 Å². The first kappa shape index (κ1) is 13.6. The minimum Gasteiger partial charge on any atom is -0.284 e. The van der Waals surface area contributed by atoms with E-state index < -0.39 is 7.82 Å². The van der Waals surface area contributed by atoms with Gasteiger partial charge >= 0.3 is 7.82 Å². The summed E-state index contributed by atoms with van der Waals surface area (Å²) in [6.07, 6.45) is 0. The van der Waals surface area contributed by atoms with Crippen LogP contribution in [0.25, 0.3) is 0 Å². The second-order valence-electron chi connectivity index (χ2n) is 1.75. The molecule has 0 aliphatic rings. The largest absolute Gasteiger partial charge is 0.507 e. The molecule has 1 unspecified atom stereocenters. The zero-order valence-electron chi connectivity index (χ0n) is 6.74. The number of halogens is 2. The van der Waals surface area contributed by atoms with Gasteiger partial charge in [-0.25, -0.2) is 10.5 Å². The molecule has 0 radical (unpaired) electrons. The molecule has 0 rings (SSSR count). The number of nitrogens with one attached hydrogen (secondary N) is 1. The van der Waals surface area contributed by atoms with Crippen LogP contribution in [0, 0.1) is 0 Å². The van der Waals surface area contributed by atoms with E-state index in [0.29, 0.717) is 12.4 Å². The number of hydrogen-bond donors (Lipinski definition) is 2. The predicted molar refractivity (Wildman–Crippen MR) is 49.4 cm³/mol. The van der Waals surface area contributed by atoms with E-state index in [9.17, 15) is 4.57 Å². The van der Waals surface area contributed by atoms with Crippen molar-refractivity contribution in [3.8, 4) is 0 Å². The van der Waals surface area contributed by atoms with Crippen molar-refractivity contribution in [2.24, 2.45) is 5.90 Å². The maximum Gasteiger partial charge on any atom is 0.507 e. The average Bonchev–Trinajstić information content (AvgIpc) is 2.15. The standard InChI is InChI=1S/C4H11Cl2N2O4P/c5-1-3-8-12-13(9,11-7)10-4-2-6/h8H,1-4,7H2. The van der Waals surface area contributed by atoms with Crippen molar-refractivity contribution in [1.29, 1.82) is 0 Å². The number of hydroxylamine groups is 1. The maximum absolute atomic E-state index is 11.3. The fraction of sp³-hybridized carbons (Fsp3) is 1.00. The molecule has 0 spiro atoms. The SMILES string of the molecule is NOP(=O)(OCCCl)ONCCCl. The van der Waals surface area contributed by atoms with Gasteiger partial charge in [-0.05, 0) is 0 Å². The number of hydrogen-bond acceptors (Lipinski definition) is 6. The van der Waals surface area contributed by atoms with Crippen molar-refractivity contribution in [2.45, 2.75) is 0 Å². The normalized spacial score (nSPS) is 15.6. The summed E-state index contributed by atoms with van der Waals surface area (Å²) >= 11 is 10.6. The lowest BCUT2D eigenvalue weighted by Crippen LogP contribution is -2.18. The van der Waals surface area contributed by atoms with Crippen LogP contribution in [0.2, 0.25) is 0 Å². The molecule has 6 nitrogen and oxygen atoms in total. The molecule has 0 aromatic carbocycles. The van der Waals surface area contributed by atoms with Gasteiger partial charge in [0, 0.05) is 18.3 Å². The van der Waals surface area contributed by atoms with Crippen LogP contribution in [0.4, 0.5) is 0 Å². The fourth-order valence-corrected chi connectivity index (χ4v) is 1.37. The zero-order valence-corrected chi connectivity index (χ0v) is 9.15. The second-order valence-corrected chi connectivity index (χ2v) is 4.05. The fourth-order valence-electron chi connectivity index (χ4n) is 0.388. The number of alkyl halides is 2. The van der Waals surface area contributed by atoms with E-state index in [1.165, 1.54) is 0 Å². The van der Waals surface area contributed by atoms with Crippen LogP contribution in [-0.4, -0.2) is 24.9 Å². The topological polar surface area (TPSA) is 82.8 Å². The first-order chi connectivity index (χ1) is 6.18. The molecule has 13 heavy (non-hydrogen) atoms. The highest BCUT2D eigenvalue weighted by atomic mass is 35.5. The van der Waals surface area contributed by atoms with Crippen molar-refractivity contribution in [3.63, 3.8) is 0 Å². The average molecular weight is 253 g/mol. The summed E-state index contributed by atoms with van der Waals surface area (Å²) in [5.74, 6) is 5.15. The van der Waals surface area contributed by atoms with Gasteiger partial charge in [0.25, 0.3) is 0 Å². The van der Waals surface area contributed by atoms with Gasteiger partial charge in [-0.15, -0.1) is 23.2 Å². The quantitative estimate of drug-likeness (QED) is 0.290. The van der Waals surface area contributed by atoms with Crippen LogP contribution in [0.15, 0.2) is 0 Å². The monoisotopic (exact) mass is 252 g/mol. The molecule has 0 aliphatic carbocycles. The third-order valence-corrected chi connectivity index (χ3v) is 2.28. The summed E-state index contributed by atoms with van der Waals surface area (Å²) in [4.78, 5) is 0. The Balaban J connectivity index is 3.75. The Labute approximate surface area is 86.1 Å². The molecule has 0 bridgehead atoms. The Morgan fingerprint density at radius 2 is 2.08 bits per heavy atom. The molecule has 0 heterocycles. The van der Waals surface area contributed by atoms with Gasteiger partial charge in [0.15, 0.2) is 0 Å². The van der Waals surface area contributed by atoms with Crippen LogP contribution in [0.5, 0.6) is 0 Å². The highest BCUT2D eigenvalue weighted by Crippen LogP contribution is 2.46. The van der Waals surface area contributed by atoms with Gasteiger partial charge in [-0.2, -0.15) is 14.7 Å². The van der Waals surface area contributed by atoms with E-state index in [1.807, 2.05) is 0 Å². The van der Waals surface area contributed by atoms with E-state index in [-0.39, 0.29) is 12.5 Å². The molecular weight excluding hydrogens is 242 g/mol. The number of phosphoric acid groups is 1. The van der Waals surface area contributed by atoms with Crippen molar-refractivity contribution in [3.05, 3.63) is 0 Å².